The summed E-state index contributed by atoms with van der Waals surface area (Å²) < 4.78 is 1.03. The summed E-state index contributed by atoms with van der Waals surface area (Å²) in [6.45, 7) is 3.79. The van der Waals surface area contributed by atoms with E-state index in [0.29, 0.717) is 5.13 Å². The lowest BCUT2D eigenvalue weighted by molar-refractivity contribution is 0.452. The van der Waals surface area contributed by atoms with Crippen molar-refractivity contribution in [3.05, 3.63) is 41.5 Å². The van der Waals surface area contributed by atoms with Crippen LogP contribution in [0.3, 0.4) is 0 Å². The molecule has 106 valence electrons. The van der Waals surface area contributed by atoms with E-state index in [4.69, 9.17) is 0 Å². The highest BCUT2D eigenvalue weighted by molar-refractivity contribution is 7.21. The van der Waals surface area contributed by atoms with Crippen LogP contribution in [0.15, 0.2) is 40.6 Å². The second kappa shape index (κ2) is 5.14. The van der Waals surface area contributed by atoms with Gasteiger partial charge in [0, 0.05) is 0 Å². The third-order valence-electron chi connectivity index (χ3n) is 2.98. The molecule has 2 N–H and O–H groups in total. The van der Waals surface area contributed by atoms with E-state index in [2.05, 4.69) is 15.2 Å². The highest BCUT2D eigenvalue weighted by Crippen LogP contribution is 2.38. The SMILES string of the molecule is Cc1cc(O)c(N=Nc2nc3ccc(C)cc3s2)c(O)c1. The highest BCUT2D eigenvalue weighted by Gasteiger charge is 2.08. The maximum atomic E-state index is 9.80. The van der Waals surface area contributed by atoms with E-state index in [9.17, 15) is 10.2 Å². The number of nitrogens with zero attached hydrogens (tertiary/aromatic N) is 3. The van der Waals surface area contributed by atoms with Gasteiger partial charge in [-0.2, -0.15) is 0 Å². The van der Waals surface area contributed by atoms with Gasteiger partial charge in [0.15, 0.2) is 5.69 Å². The molecule has 0 radical (unpaired) electrons. The largest absolute Gasteiger partial charge is 0.505 e. The Morgan fingerprint density at radius 1 is 0.952 bits per heavy atom. The summed E-state index contributed by atoms with van der Waals surface area (Å²) >= 11 is 1.41. The van der Waals surface area contributed by atoms with E-state index in [-0.39, 0.29) is 17.2 Å². The Morgan fingerprint density at radius 3 is 2.38 bits per heavy atom. The number of aryl methyl sites for hydroxylation is 2. The molecular weight excluding hydrogens is 286 g/mol. The molecule has 2 aromatic carbocycles. The number of benzene rings is 2. The molecule has 3 rings (SSSR count). The normalized spacial score (nSPS) is 11.5. The van der Waals surface area contributed by atoms with Crippen molar-refractivity contribution in [1.29, 1.82) is 0 Å². The Morgan fingerprint density at radius 2 is 1.67 bits per heavy atom. The molecule has 6 heteroatoms. The van der Waals surface area contributed by atoms with Gasteiger partial charge >= 0.3 is 0 Å². The second-order valence-corrected chi connectivity index (χ2v) is 5.83. The number of phenols is 2. The Hall–Kier alpha value is -2.47. The Labute approximate surface area is 125 Å². The molecule has 0 bridgehead atoms. The lowest BCUT2D eigenvalue weighted by Crippen LogP contribution is -1.75. The minimum Gasteiger partial charge on any atom is -0.505 e. The van der Waals surface area contributed by atoms with E-state index < -0.39 is 0 Å². The third-order valence-corrected chi connectivity index (χ3v) is 3.88. The number of aromatic nitrogens is 1. The summed E-state index contributed by atoms with van der Waals surface area (Å²) in [5.74, 6) is -0.207. The lowest BCUT2D eigenvalue weighted by Gasteiger charge is -2.01. The van der Waals surface area contributed by atoms with Crippen LogP contribution >= 0.6 is 11.3 Å². The first kappa shape index (κ1) is 13.5. The molecule has 1 heterocycles. The molecule has 0 fully saturated rings. The first-order valence-corrected chi connectivity index (χ1v) is 7.16. The van der Waals surface area contributed by atoms with Crippen LogP contribution in [0.25, 0.3) is 10.2 Å². The van der Waals surface area contributed by atoms with Crippen LogP contribution in [0, 0.1) is 13.8 Å². The number of hydrogen-bond donors (Lipinski definition) is 2. The standard InChI is InChI=1S/C15H13N3O2S/c1-8-3-4-10-13(7-8)21-15(16-10)18-17-14-11(19)5-9(2)6-12(14)20/h3-7,19-20H,1-2H3. The number of rotatable bonds is 2. The van der Waals surface area contributed by atoms with E-state index in [1.807, 2.05) is 25.1 Å². The zero-order valence-corrected chi connectivity index (χ0v) is 12.3. The molecule has 5 nitrogen and oxygen atoms in total. The van der Waals surface area contributed by atoms with Crippen molar-refractivity contribution in [1.82, 2.24) is 4.98 Å². The van der Waals surface area contributed by atoms with Crippen molar-refractivity contribution in [3.8, 4) is 11.5 Å². The predicted octanol–water partition coefficient (Wildman–Crippen LogP) is 4.74. The van der Waals surface area contributed by atoms with Crippen LogP contribution < -0.4 is 0 Å². The van der Waals surface area contributed by atoms with E-state index in [1.165, 1.54) is 23.5 Å². The van der Waals surface area contributed by atoms with Gasteiger partial charge in [-0.3, -0.25) is 0 Å². The zero-order valence-electron chi connectivity index (χ0n) is 11.5. The summed E-state index contributed by atoms with van der Waals surface area (Å²) in [5.41, 5.74) is 2.82. The maximum absolute atomic E-state index is 9.80. The molecular formula is C15H13N3O2S. The summed E-state index contributed by atoms with van der Waals surface area (Å²) in [7, 11) is 0. The van der Waals surface area contributed by atoms with Crippen LogP contribution in [0.4, 0.5) is 10.8 Å². The van der Waals surface area contributed by atoms with E-state index in [1.54, 1.807) is 6.92 Å². The second-order valence-electron chi connectivity index (χ2n) is 4.82. The minimum absolute atomic E-state index is 0.0519. The first-order chi connectivity index (χ1) is 10.0. The fourth-order valence-corrected chi connectivity index (χ4v) is 2.88. The quantitative estimate of drug-likeness (QED) is 0.671. The number of fused-ring (bicyclic) bond motifs is 1. The van der Waals surface area contributed by atoms with Gasteiger partial charge in [-0.15, -0.1) is 10.2 Å². The monoisotopic (exact) mass is 299 g/mol. The lowest BCUT2D eigenvalue weighted by atomic mass is 10.2. The fraction of sp³-hybridized carbons (Fsp3) is 0.133. The molecule has 0 unspecified atom stereocenters. The van der Waals surface area contributed by atoms with Gasteiger partial charge in [0.05, 0.1) is 10.2 Å². The van der Waals surface area contributed by atoms with Crippen LogP contribution in [-0.2, 0) is 0 Å². The van der Waals surface area contributed by atoms with Crippen LogP contribution in [-0.4, -0.2) is 15.2 Å². The number of azo groups is 1. The number of aromatic hydroxyl groups is 2. The minimum atomic E-state index is -0.104. The van der Waals surface area contributed by atoms with Gasteiger partial charge in [0.1, 0.15) is 11.5 Å². The average Bonchev–Trinajstić information content (AvgIpc) is 2.79. The van der Waals surface area contributed by atoms with Crippen molar-refractivity contribution >= 4 is 32.4 Å². The van der Waals surface area contributed by atoms with Gasteiger partial charge in [0.2, 0.25) is 5.13 Å². The molecule has 0 aliphatic heterocycles. The Bertz CT molecular complexity index is 832. The molecule has 1 aromatic heterocycles. The number of phenolic OH excluding ortho intramolecular Hbond substituents is 2. The molecule has 3 aromatic rings. The molecule has 0 saturated heterocycles. The Balaban J connectivity index is 1.98. The molecule has 0 atom stereocenters. The average molecular weight is 299 g/mol. The van der Waals surface area contributed by atoms with Crippen LogP contribution in [0.1, 0.15) is 11.1 Å². The highest BCUT2D eigenvalue weighted by atomic mass is 32.1. The van der Waals surface area contributed by atoms with E-state index in [0.717, 1.165) is 21.3 Å². The van der Waals surface area contributed by atoms with Gasteiger partial charge in [-0.05, 0) is 49.2 Å². The van der Waals surface area contributed by atoms with Gasteiger partial charge < -0.3 is 10.2 Å². The van der Waals surface area contributed by atoms with Gasteiger partial charge in [0.25, 0.3) is 0 Å². The fourth-order valence-electron chi connectivity index (χ4n) is 2.00. The molecule has 0 amide bonds. The van der Waals surface area contributed by atoms with Crippen LogP contribution in [0.5, 0.6) is 11.5 Å². The summed E-state index contributed by atoms with van der Waals surface area (Å²) in [5, 5.41) is 28.0. The summed E-state index contributed by atoms with van der Waals surface area (Å²) in [6, 6.07) is 9.00. The molecule has 0 spiro atoms. The van der Waals surface area contributed by atoms with Crippen molar-refractivity contribution in [2.45, 2.75) is 13.8 Å². The van der Waals surface area contributed by atoms with Gasteiger partial charge in [-0.25, -0.2) is 4.98 Å². The molecule has 0 aliphatic carbocycles. The topological polar surface area (TPSA) is 78.1 Å². The van der Waals surface area contributed by atoms with Crippen LogP contribution in [0.2, 0.25) is 0 Å². The smallest absolute Gasteiger partial charge is 0.231 e. The summed E-state index contributed by atoms with van der Waals surface area (Å²) in [4.78, 5) is 4.34. The number of hydrogen-bond acceptors (Lipinski definition) is 6. The van der Waals surface area contributed by atoms with Crippen molar-refractivity contribution < 1.29 is 10.2 Å². The van der Waals surface area contributed by atoms with Crippen molar-refractivity contribution in [2.75, 3.05) is 0 Å². The number of thiazole rings is 1. The molecule has 0 saturated carbocycles. The van der Waals surface area contributed by atoms with Crippen molar-refractivity contribution in [2.24, 2.45) is 10.2 Å². The summed E-state index contributed by atoms with van der Waals surface area (Å²) in [6.07, 6.45) is 0. The first-order valence-electron chi connectivity index (χ1n) is 6.34. The van der Waals surface area contributed by atoms with Crippen molar-refractivity contribution in [3.63, 3.8) is 0 Å². The zero-order chi connectivity index (χ0) is 15.0. The van der Waals surface area contributed by atoms with E-state index >= 15 is 0 Å². The Kier molecular flexibility index (Phi) is 3.31. The molecule has 21 heavy (non-hydrogen) atoms. The predicted molar refractivity (Wildman–Crippen MR) is 83.0 cm³/mol. The maximum Gasteiger partial charge on any atom is 0.231 e. The van der Waals surface area contributed by atoms with Gasteiger partial charge in [-0.1, -0.05) is 17.4 Å². The molecule has 0 aliphatic rings. The third kappa shape index (κ3) is 2.71.